The Morgan fingerprint density at radius 3 is 2.20 bits per heavy atom. The average molecular weight is 265 g/mol. The van der Waals surface area contributed by atoms with E-state index in [4.69, 9.17) is 5.73 Å². The predicted molar refractivity (Wildman–Crippen MR) is 80.3 cm³/mol. The Morgan fingerprint density at radius 1 is 1.10 bits per heavy atom. The van der Waals surface area contributed by atoms with Crippen LogP contribution in [-0.4, -0.2) is 5.91 Å². The zero-order chi connectivity index (χ0) is 14.2. The number of carbonyl (C=O) groups is 1. The second-order valence-electron chi connectivity index (χ2n) is 5.71. The first-order chi connectivity index (χ1) is 9.66. The lowest BCUT2D eigenvalue weighted by atomic mass is 9.85. The molecule has 2 nitrogen and oxygen atoms in total. The molecular formula is C18H19NO. The van der Waals surface area contributed by atoms with Crippen LogP contribution in [0.15, 0.2) is 60.7 Å². The van der Waals surface area contributed by atoms with E-state index in [1.165, 1.54) is 5.56 Å². The molecule has 102 valence electrons. The molecule has 3 atom stereocenters. The number of hydrogen-bond donors (Lipinski definition) is 1. The molecule has 3 rings (SSSR count). The number of rotatable bonds is 4. The van der Waals surface area contributed by atoms with Gasteiger partial charge in [-0.3, -0.25) is 4.79 Å². The molecule has 2 aromatic rings. The average Bonchev–Trinajstić information content (AvgIpc) is 3.25. The molecule has 20 heavy (non-hydrogen) atoms. The number of benzene rings is 2. The van der Waals surface area contributed by atoms with Gasteiger partial charge in [0, 0.05) is 0 Å². The predicted octanol–water partition coefficient (Wildman–Crippen LogP) is 3.23. The summed E-state index contributed by atoms with van der Waals surface area (Å²) < 4.78 is 0. The summed E-state index contributed by atoms with van der Waals surface area (Å²) in [6, 6.07) is 20.3. The summed E-state index contributed by atoms with van der Waals surface area (Å²) in [4.78, 5) is 12.1. The SMILES string of the molecule is CC(c1ccccc1)C1CC1(C(N)=O)c1ccccc1. The van der Waals surface area contributed by atoms with Gasteiger partial charge in [0.1, 0.15) is 0 Å². The van der Waals surface area contributed by atoms with Crippen LogP contribution in [0.2, 0.25) is 0 Å². The molecule has 1 saturated carbocycles. The summed E-state index contributed by atoms with van der Waals surface area (Å²) in [5.41, 5.74) is 7.59. The highest BCUT2D eigenvalue weighted by molar-refractivity contribution is 5.91. The van der Waals surface area contributed by atoms with Crippen molar-refractivity contribution in [1.29, 1.82) is 0 Å². The first-order valence-corrected chi connectivity index (χ1v) is 7.06. The van der Waals surface area contributed by atoms with E-state index in [0.717, 1.165) is 12.0 Å². The lowest BCUT2D eigenvalue weighted by Gasteiger charge is -2.18. The first-order valence-electron chi connectivity index (χ1n) is 7.06. The highest BCUT2D eigenvalue weighted by Crippen LogP contribution is 2.60. The topological polar surface area (TPSA) is 43.1 Å². The van der Waals surface area contributed by atoms with Gasteiger partial charge in [0.2, 0.25) is 5.91 Å². The van der Waals surface area contributed by atoms with Crippen molar-refractivity contribution in [2.24, 2.45) is 11.7 Å². The van der Waals surface area contributed by atoms with Crippen molar-refractivity contribution in [3.63, 3.8) is 0 Å². The van der Waals surface area contributed by atoms with Crippen molar-refractivity contribution in [2.75, 3.05) is 0 Å². The third-order valence-electron chi connectivity index (χ3n) is 4.67. The molecule has 1 aliphatic rings. The van der Waals surface area contributed by atoms with Gasteiger partial charge in [-0.25, -0.2) is 0 Å². The van der Waals surface area contributed by atoms with Crippen LogP contribution < -0.4 is 5.73 Å². The first kappa shape index (κ1) is 12.9. The number of amides is 1. The number of hydrogen-bond acceptors (Lipinski definition) is 1. The van der Waals surface area contributed by atoms with Crippen LogP contribution in [0, 0.1) is 5.92 Å². The second-order valence-corrected chi connectivity index (χ2v) is 5.71. The smallest absolute Gasteiger partial charge is 0.228 e. The summed E-state index contributed by atoms with van der Waals surface area (Å²) in [7, 11) is 0. The summed E-state index contributed by atoms with van der Waals surface area (Å²) in [5, 5.41) is 0. The van der Waals surface area contributed by atoms with E-state index in [-0.39, 0.29) is 5.91 Å². The molecule has 0 saturated heterocycles. The Kier molecular flexibility index (Phi) is 3.09. The number of nitrogens with two attached hydrogens (primary N) is 1. The second kappa shape index (κ2) is 4.78. The number of primary amides is 1. The van der Waals surface area contributed by atoms with E-state index >= 15 is 0 Å². The van der Waals surface area contributed by atoms with E-state index in [1.54, 1.807) is 0 Å². The van der Waals surface area contributed by atoms with Crippen molar-refractivity contribution in [2.45, 2.75) is 24.7 Å². The molecule has 0 heterocycles. The third kappa shape index (κ3) is 1.92. The molecule has 2 heteroatoms. The summed E-state index contributed by atoms with van der Waals surface area (Å²) in [6.07, 6.45) is 0.850. The van der Waals surface area contributed by atoms with Crippen LogP contribution in [0.1, 0.15) is 30.4 Å². The van der Waals surface area contributed by atoms with E-state index < -0.39 is 5.41 Å². The molecule has 0 aliphatic heterocycles. The molecule has 1 aliphatic carbocycles. The monoisotopic (exact) mass is 265 g/mol. The maximum Gasteiger partial charge on any atom is 0.228 e. The van der Waals surface area contributed by atoms with Crippen LogP contribution >= 0.6 is 0 Å². The molecule has 0 radical (unpaired) electrons. The van der Waals surface area contributed by atoms with E-state index in [9.17, 15) is 4.79 Å². The van der Waals surface area contributed by atoms with Gasteiger partial charge in [-0.15, -0.1) is 0 Å². The van der Waals surface area contributed by atoms with Gasteiger partial charge in [0.05, 0.1) is 5.41 Å². The van der Waals surface area contributed by atoms with E-state index in [0.29, 0.717) is 11.8 Å². The Bertz CT molecular complexity index is 608. The molecule has 2 aromatic carbocycles. The van der Waals surface area contributed by atoms with Gasteiger partial charge in [-0.05, 0) is 29.4 Å². The largest absolute Gasteiger partial charge is 0.369 e. The molecule has 0 bridgehead atoms. The van der Waals surface area contributed by atoms with Crippen LogP contribution in [0.25, 0.3) is 0 Å². The Morgan fingerprint density at radius 2 is 1.65 bits per heavy atom. The fourth-order valence-corrected chi connectivity index (χ4v) is 3.37. The van der Waals surface area contributed by atoms with Crippen molar-refractivity contribution in [1.82, 2.24) is 0 Å². The lowest BCUT2D eigenvalue weighted by molar-refractivity contribution is -0.120. The van der Waals surface area contributed by atoms with Gasteiger partial charge in [-0.2, -0.15) is 0 Å². The maximum absolute atomic E-state index is 12.1. The highest BCUT2D eigenvalue weighted by atomic mass is 16.1. The van der Waals surface area contributed by atoms with Crippen LogP contribution in [0.5, 0.6) is 0 Å². The Balaban J connectivity index is 1.92. The number of carbonyl (C=O) groups excluding carboxylic acids is 1. The minimum Gasteiger partial charge on any atom is -0.369 e. The van der Waals surface area contributed by atoms with E-state index in [1.807, 2.05) is 48.5 Å². The highest BCUT2D eigenvalue weighted by Gasteiger charge is 2.61. The van der Waals surface area contributed by atoms with Crippen LogP contribution in [0.3, 0.4) is 0 Å². The van der Waals surface area contributed by atoms with E-state index in [2.05, 4.69) is 19.1 Å². The molecule has 1 amide bonds. The normalized spacial score (nSPS) is 25.9. The van der Waals surface area contributed by atoms with Gasteiger partial charge in [0.15, 0.2) is 0 Å². The van der Waals surface area contributed by atoms with Crippen LogP contribution in [-0.2, 0) is 10.2 Å². The standard InChI is InChI=1S/C18H19NO/c1-13(14-8-4-2-5-9-14)16-12-18(16,17(19)20)15-10-6-3-7-11-15/h2-11,13,16H,12H2,1H3,(H2,19,20). The van der Waals surface area contributed by atoms with Crippen LogP contribution in [0.4, 0.5) is 0 Å². The summed E-state index contributed by atoms with van der Waals surface area (Å²) >= 11 is 0. The summed E-state index contributed by atoms with van der Waals surface area (Å²) in [6.45, 7) is 2.19. The minimum absolute atomic E-state index is 0.198. The van der Waals surface area contributed by atoms with Crippen molar-refractivity contribution < 1.29 is 4.79 Å². The fraction of sp³-hybridized carbons (Fsp3) is 0.278. The van der Waals surface area contributed by atoms with Crippen molar-refractivity contribution >= 4 is 5.91 Å². The fourth-order valence-electron chi connectivity index (χ4n) is 3.37. The Labute approximate surface area is 119 Å². The van der Waals surface area contributed by atoms with Gasteiger partial charge in [0.25, 0.3) is 0 Å². The zero-order valence-corrected chi connectivity index (χ0v) is 11.6. The molecule has 2 N–H and O–H groups in total. The molecule has 1 fully saturated rings. The van der Waals surface area contributed by atoms with Crippen molar-refractivity contribution in [3.8, 4) is 0 Å². The quantitative estimate of drug-likeness (QED) is 0.906. The molecule has 3 unspecified atom stereocenters. The minimum atomic E-state index is -0.476. The lowest BCUT2D eigenvalue weighted by Crippen LogP contribution is -2.31. The Hall–Kier alpha value is -2.09. The van der Waals surface area contributed by atoms with Gasteiger partial charge < -0.3 is 5.73 Å². The maximum atomic E-state index is 12.1. The molecule has 0 spiro atoms. The third-order valence-corrected chi connectivity index (χ3v) is 4.67. The summed E-state index contributed by atoms with van der Waals surface area (Å²) in [5.74, 6) is 0.435. The zero-order valence-electron chi connectivity index (χ0n) is 11.6. The van der Waals surface area contributed by atoms with Gasteiger partial charge in [-0.1, -0.05) is 67.6 Å². The van der Waals surface area contributed by atoms with Gasteiger partial charge >= 0.3 is 0 Å². The molecule has 0 aromatic heterocycles. The van der Waals surface area contributed by atoms with Crippen molar-refractivity contribution in [3.05, 3.63) is 71.8 Å². The molecular weight excluding hydrogens is 246 g/mol.